The molecule has 0 fully saturated rings. The Kier molecular flexibility index (Phi) is 4.60. The first-order valence-corrected chi connectivity index (χ1v) is 7.67. The summed E-state index contributed by atoms with van der Waals surface area (Å²) in [6.07, 6.45) is 1.70. The molecule has 1 N–H and O–H groups in total. The van der Waals surface area contributed by atoms with Crippen molar-refractivity contribution in [1.82, 2.24) is 4.98 Å². The fraction of sp³-hybridized carbons (Fsp3) is 0. The molecule has 0 radical (unpaired) electrons. The maximum absolute atomic E-state index is 12.3. The number of hydrogen-bond donors (Lipinski definition) is 1. The van der Waals surface area contributed by atoms with Gasteiger partial charge in [0.1, 0.15) is 0 Å². The number of halogens is 2. The molecule has 1 aromatic heterocycles. The van der Waals surface area contributed by atoms with Crippen LogP contribution < -0.4 is 5.32 Å². The minimum Gasteiger partial charge on any atom is -0.322 e. The number of hydrogen-bond acceptors (Lipinski definition) is 2. The fourth-order valence-corrected chi connectivity index (χ4v) is 2.56. The van der Waals surface area contributed by atoms with E-state index in [1.807, 2.05) is 18.2 Å². The Bertz CT molecular complexity index is 851. The number of pyridine rings is 1. The summed E-state index contributed by atoms with van der Waals surface area (Å²) in [5.74, 6) is -0.234. The lowest BCUT2D eigenvalue weighted by molar-refractivity contribution is 0.102. The van der Waals surface area contributed by atoms with Gasteiger partial charge in [-0.2, -0.15) is 0 Å². The Morgan fingerprint density at radius 1 is 0.957 bits per heavy atom. The summed E-state index contributed by atoms with van der Waals surface area (Å²) < 4.78 is 0. The standard InChI is InChI=1S/C18H12Cl2N2O/c19-13-5-3-4-12(10-13)18(23)22-14-7-8-16(20)15(11-14)17-6-1-2-9-21-17/h1-11H,(H,22,23). The lowest BCUT2D eigenvalue weighted by atomic mass is 10.1. The third kappa shape index (κ3) is 3.70. The maximum Gasteiger partial charge on any atom is 0.255 e. The molecule has 3 nitrogen and oxygen atoms in total. The van der Waals surface area contributed by atoms with E-state index in [1.165, 1.54) is 0 Å². The van der Waals surface area contributed by atoms with E-state index >= 15 is 0 Å². The molecule has 114 valence electrons. The molecule has 0 saturated carbocycles. The minimum atomic E-state index is -0.234. The van der Waals surface area contributed by atoms with Crippen LogP contribution in [0.2, 0.25) is 10.0 Å². The van der Waals surface area contributed by atoms with Crippen LogP contribution >= 0.6 is 23.2 Å². The highest BCUT2D eigenvalue weighted by Crippen LogP contribution is 2.29. The smallest absolute Gasteiger partial charge is 0.255 e. The third-order valence-electron chi connectivity index (χ3n) is 3.25. The van der Waals surface area contributed by atoms with Gasteiger partial charge in [-0.3, -0.25) is 9.78 Å². The third-order valence-corrected chi connectivity index (χ3v) is 3.82. The van der Waals surface area contributed by atoms with Crippen molar-refractivity contribution in [3.05, 3.63) is 82.5 Å². The average Bonchev–Trinajstić information content (AvgIpc) is 2.57. The molecule has 23 heavy (non-hydrogen) atoms. The lowest BCUT2D eigenvalue weighted by Crippen LogP contribution is -2.11. The molecule has 2 aromatic carbocycles. The first kappa shape index (κ1) is 15.5. The van der Waals surface area contributed by atoms with E-state index < -0.39 is 0 Å². The van der Waals surface area contributed by atoms with Crippen LogP contribution in [0, 0.1) is 0 Å². The van der Waals surface area contributed by atoms with Crippen molar-refractivity contribution in [2.45, 2.75) is 0 Å². The topological polar surface area (TPSA) is 42.0 Å². The summed E-state index contributed by atoms with van der Waals surface area (Å²) in [7, 11) is 0. The van der Waals surface area contributed by atoms with Crippen molar-refractivity contribution in [2.24, 2.45) is 0 Å². The lowest BCUT2D eigenvalue weighted by Gasteiger charge is -2.09. The van der Waals surface area contributed by atoms with Gasteiger partial charge in [-0.25, -0.2) is 0 Å². The average molecular weight is 343 g/mol. The van der Waals surface area contributed by atoms with Gasteiger partial charge in [0.05, 0.1) is 10.7 Å². The Hall–Kier alpha value is -2.36. The Labute approximate surface area is 143 Å². The normalized spacial score (nSPS) is 10.3. The minimum absolute atomic E-state index is 0.234. The second kappa shape index (κ2) is 6.82. The molecule has 3 rings (SSSR count). The van der Waals surface area contributed by atoms with E-state index in [1.54, 1.807) is 48.7 Å². The van der Waals surface area contributed by atoms with Crippen LogP contribution in [0.4, 0.5) is 5.69 Å². The molecule has 0 saturated heterocycles. The highest BCUT2D eigenvalue weighted by molar-refractivity contribution is 6.33. The SMILES string of the molecule is O=C(Nc1ccc(Cl)c(-c2ccccn2)c1)c1cccc(Cl)c1. The molecule has 0 bridgehead atoms. The van der Waals surface area contributed by atoms with E-state index in [4.69, 9.17) is 23.2 Å². The zero-order chi connectivity index (χ0) is 16.2. The fourth-order valence-electron chi connectivity index (χ4n) is 2.15. The number of benzene rings is 2. The Balaban J connectivity index is 1.88. The molecule has 0 unspecified atom stereocenters. The molecule has 3 aromatic rings. The summed E-state index contributed by atoms with van der Waals surface area (Å²) in [6, 6.07) is 17.6. The molecule has 0 aliphatic rings. The number of nitrogens with one attached hydrogen (secondary N) is 1. The van der Waals surface area contributed by atoms with Crippen LogP contribution in [0.1, 0.15) is 10.4 Å². The van der Waals surface area contributed by atoms with Crippen LogP contribution in [0.5, 0.6) is 0 Å². The van der Waals surface area contributed by atoms with Crippen molar-refractivity contribution in [3.8, 4) is 11.3 Å². The van der Waals surface area contributed by atoms with Crippen molar-refractivity contribution in [2.75, 3.05) is 5.32 Å². The molecule has 0 aliphatic carbocycles. The quantitative estimate of drug-likeness (QED) is 0.700. The van der Waals surface area contributed by atoms with Gasteiger partial charge in [-0.15, -0.1) is 0 Å². The number of carbonyl (C=O) groups excluding carboxylic acids is 1. The first-order valence-electron chi connectivity index (χ1n) is 6.91. The molecule has 0 aliphatic heterocycles. The Morgan fingerprint density at radius 2 is 1.83 bits per heavy atom. The van der Waals surface area contributed by atoms with Gasteiger partial charge in [0, 0.05) is 28.0 Å². The molecule has 0 spiro atoms. The number of anilines is 1. The van der Waals surface area contributed by atoms with E-state index in [-0.39, 0.29) is 5.91 Å². The summed E-state index contributed by atoms with van der Waals surface area (Å²) in [5.41, 5.74) is 2.64. The number of rotatable bonds is 3. The largest absolute Gasteiger partial charge is 0.322 e. The van der Waals surface area contributed by atoms with Gasteiger partial charge in [-0.1, -0.05) is 35.3 Å². The molecular weight excluding hydrogens is 331 g/mol. The number of amides is 1. The van der Waals surface area contributed by atoms with Gasteiger partial charge in [0.25, 0.3) is 5.91 Å². The van der Waals surface area contributed by atoms with Crippen molar-refractivity contribution in [1.29, 1.82) is 0 Å². The predicted molar refractivity (Wildman–Crippen MR) is 94.1 cm³/mol. The molecule has 0 atom stereocenters. The monoisotopic (exact) mass is 342 g/mol. The van der Waals surface area contributed by atoms with E-state index in [0.29, 0.717) is 21.3 Å². The highest BCUT2D eigenvalue weighted by Gasteiger charge is 2.10. The summed E-state index contributed by atoms with van der Waals surface area (Å²) in [5, 5.41) is 3.93. The van der Waals surface area contributed by atoms with Crippen LogP contribution in [0.15, 0.2) is 66.9 Å². The summed E-state index contributed by atoms with van der Waals surface area (Å²) in [6.45, 7) is 0. The molecule has 5 heteroatoms. The maximum atomic E-state index is 12.3. The van der Waals surface area contributed by atoms with Gasteiger partial charge >= 0.3 is 0 Å². The molecular formula is C18H12Cl2N2O. The number of aromatic nitrogens is 1. The molecule has 1 heterocycles. The number of carbonyl (C=O) groups is 1. The first-order chi connectivity index (χ1) is 11.1. The van der Waals surface area contributed by atoms with Crippen molar-refractivity contribution < 1.29 is 4.79 Å². The van der Waals surface area contributed by atoms with E-state index in [2.05, 4.69) is 10.3 Å². The van der Waals surface area contributed by atoms with Crippen LogP contribution in [0.25, 0.3) is 11.3 Å². The predicted octanol–water partition coefficient (Wildman–Crippen LogP) is 5.31. The van der Waals surface area contributed by atoms with Crippen LogP contribution in [-0.2, 0) is 0 Å². The summed E-state index contributed by atoms with van der Waals surface area (Å²) in [4.78, 5) is 16.6. The van der Waals surface area contributed by atoms with Crippen molar-refractivity contribution >= 4 is 34.8 Å². The summed E-state index contributed by atoms with van der Waals surface area (Å²) >= 11 is 12.1. The van der Waals surface area contributed by atoms with Crippen LogP contribution in [-0.4, -0.2) is 10.9 Å². The second-order valence-corrected chi connectivity index (χ2v) is 5.72. The van der Waals surface area contributed by atoms with Gasteiger partial charge < -0.3 is 5.32 Å². The van der Waals surface area contributed by atoms with Crippen LogP contribution in [0.3, 0.4) is 0 Å². The van der Waals surface area contributed by atoms with E-state index in [0.717, 1.165) is 11.3 Å². The van der Waals surface area contributed by atoms with Gasteiger partial charge in [0.2, 0.25) is 0 Å². The zero-order valence-electron chi connectivity index (χ0n) is 12.0. The van der Waals surface area contributed by atoms with E-state index in [9.17, 15) is 4.79 Å². The highest BCUT2D eigenvalue weighted by atomic mass is 35.5. The van der Waals surface area contributed by atoms with Gasteiger partial charge in [0.15, 0.2) is 0 Å². The Morgan fingerprint density at radius 3 is 2.57 bits per heavy atom. The van der Waals surface area contributed by atoms with Crippen molar-refractivity contribution in [3.63, 3.8) is 0 Å². The second-order valence-electron chi connectivity index (χ2n) is 4.87. The number of nitrogens with zero attached hydrogens (tertiary/aromatic N) is 1. The molecule has 1 amide bonds. The van der Waals surface area contributed by atoms with Gasteiger partial charge in [-0.05, 0) is 48.5 Å². The zero-order valence-corrected chi connectivity index (χ0v) is 13.5.